The lowest BCUT2D eigenvalue weighted by Gasteiger charge is -2.36. The lowest BCUT2D eigenvalue weighted by atomic mass is 9.99. The van der Waals surface area contributed by atoms with Crippen LogP contribution in [0, 0.1) is 0 Å². The van der Waals surface area contributed by atoms with Gasteiger partial charge in [-0.15, -0.1) is 11.3 Å². The molecule has 0 saturated carbocycles. The zero-order valence-electron chi connectivity index (χ0n) is 10.3. The Hall–Kier alpha value is -0.940. The Kier molecular flexibility index (Phi) is 3.79. The number of thiazole rings is 1. The van der Waals surface area contributed by atoms with Crippen LogP contribution in [0.3, 0.4) is 0 Å². The van der Waals surface area contributed by atoms with Gasteiger partial charge in [0.2, 0.25) is 0 Å². The standard InChI is InChI=1S/C12H19N3OS/c1-3-11-14-7-10(17-11)12(16)15-5-4-9(13)6-8(15)2/h7-9H,3-6,13H2,1-2H3/t8-,9-/m1/s1. The van der Waals surface area contributed by atoms with Crippen molar-refractivity contribution < 1.29 is 4.79 Å². The Balaban J connectivity index is 2.09. The summed E-state index contributed by atoms with van der Waals surface area (Å²) in [5.41, 5.74) is 5.90. The van der Waals surface area contributed by atoms with Gasteiger partial charge in [0, 0.05) is 18.6 Å². The molecule has 1 aromatic rings. The zero-order chi connectivity index (χ0) is 12.4. The minimum absolute atomic E-state index is 0.113. The lowest BCUT2D eigenvalue weighted by Crippen LogP contribution is -2.48. The number of carbonyl (C=O) groups excluding carboxylic acids is 1. The molecule has 2 heterocycles. The van der Waals surface area contributed by atoms with Crippen molar-refractivity contribution in [3.8, 4) is 0 Å². The van der Waals surface area contributed by atoms with Gasteiger partial charge >= 0.3 is 0 Å². The summed E-state index contributed by atoms with van der Waals surface area (Å²) in [5.74, 6) is 0.113. The van der Waals surface area contributed by atoms with E-state index >= 15 is 0 Å². The highest BCUT2D eigenvalue weighted by Crippen LogP contribution is 2.21. The molecule has 1 fully saturated rings. The highest BCUT2D eigenvalue weighted by Gasteiger charge is 2.28. The molecule has 2 atom stereocenters. The highest BCUT2D eigenvalue weighted by molar-refractivity contribution is 7.13. The number of nitrogens with zero attached hydrogens (tertiary/aromatic N) is 2. The smallest absolute Gasteiger partial charge is 0.265 e. The summed E-state index contributed by atoms with van der Waals surface area (Å²) in [4.78, 5) is 19.2. The number of aromatic nitrogens is 1. The molecule has 94 valence electrons. The van der Waals surface area contributed by atoms with E-state index in [1.807, 2.05) is 4.90 Å². The second-order valence-electron chi connectivity index (χ2n) is 4.60. The molecule has 17 heavy (non-hydrogen) atoms. The van der Waals surface area contributed by atoms with Crippen LogP contribution in [0.1, 0.15) is 41.4 Å². The van der Waals surface area contributed by atoms with Crippen LogP contribution in [0.4, 0.5) is 0 Å². The molecule has 1 aliphatic heterocycles. The molecule has 0 spiro atoms. The van der Waals surface area contributed by atoms with Crippen molar-refractivity contribution in [1.29, 1.82) is 0 Å². The fourth-order valence-electron chi connectivity index (χ4n) is 2.22. The largest absolute Gasteiger partial charge is 0.335 e. The van der Waals surface area contributed by atoms with Crippen molar-refractivity contribution in [2.24, 2.45) is 5.73 Å². The molecule has 4 nitrogen and oxygen atoms in total. The van der Waals surface area contributed by atoms with Crippen molar-refractivity contribution in [3.05, 3.63) is 16.1 Å². The van der Waals surface area contributed by atoms with E-state index in [1.165, 1.54) is 11.3 Å². The number of likely N-dealkylation sites (tertiary alicyclic amines) is 1. The van der Waals surface area contributed by atoms with Gasteiger partial charge in [-0.2, -0.15) is 0 Å². The Morgan fingerprint density at radius 2 is 2.47 bits per heavy atom. The van der Waals surface area contributed by atoms with E-state index in [9.17, 15) is 4.79 Å². The summed E-state index contributed by atoms with van der Waals surface area (Å²) >= 11 is 1.50. The van der Waals surface area contributed by atoms with E-state index in [4.69, 9.17) is 5.73 Å². The molecule has 1 saturated heterocycles. The van der Waals surface area contributed by atoms with Gasteiger partial charge in [0.1, 0.15) is 4.88 Å². The van der Waals surface area contributed by atoms with Crippen molar-refractivity contribution in [3.63, 3.8) is 0 Å². The molecule has 2 N–H and O–H groups in total. The number of hydrogen-bond donors (Lipinski definition) is 1. The van der Waals surface area contributed by atoms with E-state index in [0.29, 0.717) is 0 Å². The topological polar surface area (TPSA) is 59.2 Å². The number of hydrogen-bond acceptors (Lipinski definition) is 4. The summed E-state index contributed by atoms with van der Waals surface area (Å²) in [6, 6.07) is 0.472. The van der Waals surface area contributed by atoms with Crippen molar-refractivity contribution in [1.82, 2.24) is 9.88 Å². The molecular formula is C12H19N3OS. The van der Waals surface area contributed by atoms with Crippen molar-refractivity contribution in [2.75, 3.05) is 6.54 Å². The minimum Gasteiger partial charge on any atom is -0.335 e. The third-order valence-corrected chi connectivity index (χ3v) is 4.37. The molecule has 1 aliphatic rings. The Morgan fingerprint density at radius 1 is 1.71 bits per heavy atom. The van der Waals surface area contributed by atoms with Gasteiger partial charge < -0.3 is 10.6 Å². The van der Waals surface area contributed by atoms with E-state index in [-0.39, 0.29) is 18.0 Å². The fraction of sp³-hybridized carbons (Fsp3) is 0.667. The fourth-order valence-corrected chi connectivity index (χ4v) is 3.04. The van der Waals surface area contributed by atoms with E-state index < -0.39 is 0 Å². The predicted octanol–water partition coefficient (Wildman–Crippen LogP) is 1.66. The van der Waals surface area contributed by atoms with Gasteiger partial charge in [0.05, 0.1) is 11.2 Å². The van der Waals surface area contributed by atoms with Crippen LogP contribution >= 0.6 is 11.3 Å². The number of rotatable bonds is 2. The first kappa shape index (κ1) is 12.5. The van der Waals surface area contributed by atoms with E-state index in [0.717, 1.165) is 35.7 Å². The van der Waals surface area contributed by atoms with Crippen molar-refractivity contribution in [2.45, 2.75) is 45.2 Å². The van der Waals surface area contributed by atoms with Crippen LogP contribution in [0.5, 0.6) is 0 Å². The van der Waals surface area contributed by atoms with Crippen LogP contribution < -0.4 is 5.73 Å². The second-order valence-corrected chi connectivity index (χ2v) is 5.72. The summed E-state index contributed by atoms with van der Waals surface area (Å²) < 4.78 is 0. The SMILES string of the molecule is CCc1ncc(C(=O)N2CC[C@@H](N)C[C@H]2C)s1. The molecule has 0 unspecified atom stereocenters. The number of nitrogens with two attached hydrogens (primary N) is 1. The molecule has 0 aliphatic carbocycles. The van der Waals surface area contributed by atoms with Gasteiger partial charge in [0.25, 0.3) is 5.91 Å². The average Bonchev–Trinajstić information content (AvgIpc) is 2.76. The predicted molar refractivity (Wildman–Crippen MR) is 69.2 cm³/mol. The summed E-state index contributed by atoms with van der Waals surface area (Å²) in [6.45, 7) is 4.88. The number of aryl methyl sites for hydroxylation is 1. The maximum Gasteiger partial charge on any atom is 0.265 e. The Labute approximate surface area is 106 Å². The Morgan fingerprint density at radius 3 is 3.06 bits per heavy atom. The molecular weight excluding hydrogens is 234 g/mol. The quantitative estimate of drug-likeness (QED) is 0.872. The van der Waals surface area contributed by atoms with E-state index in [2.05, 4.69) is 18.8 Å². The normalized spacial score (nSPS) is 25.0. The first-order valence-corrected chi connectivity index (χ1v) is 6.94. The molecule has 0 aromatic carbocycles. The van der Waals surface area contributed by atoms with Gasteiger partial charge in [0.15, 0.2) is 0 Å². The average molecular weight is 253 g/mol. The van der Waals surface area contributed by atoms with Crippen LogP contribution in [0.15, 0.2) is 6.20 Å². The van der Waals surface area contributed by atoms with Crippen LogP contribution in [0.2, 0.25) is 0 Å². The first-order chi connectivity index (χ1) is 8.11. The molecule has 0 radical (unpaired) electrons. The summed E-state index contributed by atoms with van der Waals surface area (Å²) in [5, 5.41) is 1.02. The highest BCUT2D eigenvalue weighted by atomic mass is 32.1. The van der Waals surface area contributed by atoms with Gasteiger partial charge in [-0.3, -0.25) is 4.79 Å². The van der Waals surface area contributed by atoms with E-state index in [1.54, 1.807) is 6.20 Å². The maximum atomic E-state index is 12.3. The summed E-state index contributed by atoms with van der Waals surface area (Å²) in [6.07, 6.45) is 4.38. The van der Waals surface area contributed by atoms with Crippen LogP contribution in [-0.2, 0) is 6.42 Å². The molecule has 1 aromatic heterocycles. The monoisotopic (exact) mass is 253 g/mol. The maximum absolute atomic E-state index is 12.3. The third-order valence-electron chi connectivity index (χ3n) is 3.24. The third kappa shape index (κ3) is 2.66. The zero-order valence-corrected chi connectivity index (χ0v) is 11.2. The van der Waals surface area contributed by atoms with Crippen LogP contribution in [0.25, 0.3) is 0 Å². The molecule has 5 heteroatoms. The summed E-state index contributed by atoms with van der Waals surface area (Å²) in [7, 11) is 0. The van der Waals surface area contributed by atoms with Gasteiger partial charge in [-0.1, -0.05) is 6.92 Å². The lowest BCUT2D eigenvalue weighted by molar-refractivity contribution is 0.0624. The second kappa shape index (κ2) is 5.14. The number of piperidine rings is 1. The number of carbonyl (C=O) groups is 1. The Bertz CT molecular complexity index is 404. The minimum atomic E-state index is 0.113. The van der Waals surface area contributed by atoms with Crippen LogP contribution in [-0.4, -0.2) is 34.4 Å². The van der Waals surface area contributed by atoms with Crippen molar-refractivity contribution >= 4 is 17.2 Å². The molecule has 2 rings (SSSR count). The number of amides is 1. The molecule has 0 bridgehead atoms. The molecule has 1 amide bonds. The van der Waals surface area contributed by atoms with Gasteiger partial charge in [-0.25, -0.2) is 4.98 Å². The first-order valence-electron chi connectivity index (χ1n) is 6.13. The van der Waals surface area contributed by atoms with Gasteiger partial charge in [-0.05, 0) is 26.2 Å².